The number of aliphatic hydroxyl groups is 1. The molecule has 0 saturated heterocycles. The number of fused-ring (bicyclic) bond motifs is 1. The number of carboxylic acids is 1. The lowest BCUT2D eigenvalue weighted by Crippen LogP contribution is -2.58. The standard InChI is InChI=1S/C14H19NO6/c1-19-10-4-8-5-14(7-16,13(17)18)15-6-9(8)11(20-2)12(10)21-3/h4,15-16H,5-7H2,1-3H3,(H,17,18)/t14-/m1/s1. The number of nitrogens with one attached hydrogen (secondary N) is 1. The predicted molar refractivity (Wildman–Crippen MR) is 74.1 cm³/mol. The smallest absolute Gasteiger partial charge is 0.326 e. The highest BCUT2D eigenvalue weighted by Crippen LogP contribution is 2.44. The van der Waals surface area contributed by atoms with Crippen LogP contribution in [0.2, 0.25) is 0 Å². The molecule has 7 heteroatoms. The van der Waals surface area contributed by atoms with Crippen LogP contribution in [-0.4, -0.2) is 49.7 Å². The number of rotatable bonds is 5. The molecule has 7 nitrogen and oxygen atoms in total. The van der Waals surface area contributed by atoms with Gasteiger partial charge in [0, 0.05) is 18.5 Å². The molecule has 2 rings (SSSR count). The molecule has 0 aromatic heterocycles. The highest BCUT2D eigenvalue weighted by molar-refractivity contribution is 5.80. The Morgan fingerprint density at radius 1 is 1.29 bits per heavy atom. The second-order valence-electron chi connectivity index (χ2n) is 4.86. The normalized spacial score (nSPS) is 20.6. The number of methoxy groups -OCH3 is 3. The van der Waals surface area contributed by atoms with E-state index in [0.717, 1.165) is 11.1 Å². The fourth-order valence-electron chi connectivity index (χ4n) is 2.59. The van der Waals surface area contributed by atoms with Crippen molar-refractivity contribution in [1.29, 1.82) is 0 Å². The SMILES string of the molecule is COc1cc2c(c(OC)c1OC)CN[C@](CO)(C(=O)O)C2. The summed E-state index contributed by atoms with van der Waals surface area (Å²) in [5, 5.41) is 21.7. The number of aliphatic carboxylic acids is 1. The van der Waals surface area contributed by atoms with Crippen molar-refractivity contribution in [1.82, 2.24) is 5.32 Å². The van der Waals surface area contributed by atoms with E-state index < -0.39 is 18.1 Å². The van der Waals surface area contributed by atoms with Crippen molar-refractivity contribution in [3.63, 3.8) is 0 Å². The van der Waals surface area contributed by atoms with Crippen LogP contribution in [0, 0.1) is 0 Å². The zero-order valence-electron chi connectivity index (χ0n) is 12.2. The summed E-state index contributed by atoms with van der Waals surface area (Å²) in [6.45, 7) is -0.246. The Bertz CT molecular complexity index is 559. The van der Waals surface area contributed by atoms with Crippen LogP contribution in [-0.2, 0) is 17.8 Å². The van der Waals surface area contributed by atoms with E-state index in [0.29, 0.717) is 17.2 Å². The van der Waals surface area contributed by atoms with E-state index in [1.165, 1.54) is 21.3 Å². The lowest BCUT2D eigenvalue weighted by atomic mass is 9.84. The molecule has 1 heterocycles. The zero-order chi connectivity index (χ0) is 15.6. The number of aliphatic hydroxyl groups excluding tert-OH is 1. The summed E-state index contributed by atoms with van der Waals surface area (Å²) in [5.74, 6) is 0.347. The largest absolute Gasteiger partial charge is 0.493 e. The van der Waals surface area contributed by atoms with Gasteiger partial charge in [-0.2, -0.15) is 0 Å². The first kappa shape index (κ1) is 15.4. The first-order valence-corrected chi connectivity index (χ1v) is 6.43. The minimum atomic E-state index is -1.39. The third kappa shape index (κ3) is 2.38. The van der Waals surface area contributed by atoms with Crippen molar-refractivity contribution >= 4 is 5.97 Å². The number of benzene rings is 1. The highest BCUT2D eigenvalue weighted by Gasteiger charge is 2.42. The number of carboxylic acid groups (broad SMARTS) is 1. The van der Waals surface area contributed by atoms with E-state index in [1.54, 1.807) is 6.07 Å². The van der Waals surface area contributed by atoms with E-state index in [9.17, 15) is 15.0 Å². The van der Waals surface area contributed by atoms with Gasteiger partial charge in [0.25, 0.3) is 0 Å². The van der Waals surface area contributed by atoms with Crippen molar-refractivity contribution in [3.8, 4) is 17.2 Å². The summed E-state index contributed by atoms with van der Waals surface area (Å²) >= 11 is 0. The molecule has 116 valence electrons. The summed E-state index contributed by atoms with van der Waals surface area (Å²) < 4.78 is 16.0. The summed E-state index contributed by atoms with van der Waals surface area (Å²) in [6, 6.07) is 1.73. The van der Waals surface area contributed by atoms with Crippen molar-refractivity contribution in [2.75, 3.05) is 27.9 Å². The van der Waals surface area contributed by atoms with Crippen molar-refractivity contribution in [2.24, 2.45) is 0 Å². The van der Waals surface area contributed by atoms with Gasteiger partial charge in [-0.15, -0.1) is 0 Å². The van der Waals surface area contributed by atoms with Crippen molar-refractivity contribution in [3.05, 3.63) is 17.2 Å². The maximum atomic E-state index is 11.4. The summed E-state index contributed by atoms with van der Waals surface area (Å²) in [7, 11) is 4.53. The van der Waals surface area contributed by atoms with Crippen LogP contribution in [0.1, 0.15) is 11.1 Å². The van der Waals surface area contributed by atoms with Crippen LogP contribution in [0.5, 0.6) is 17.2 Å². The molecular weight excluding hydrogens is 278 g/mol. The molecule has 0 amide bonds. The maximum Gasteiger partial charge on any atom is 0.326 e. The lowest BCUT2D eigenvalue weighted by molar-refractivity contribution is -0.147. The average molecular weight is 297 g/mol. The fraction of sp³-hybridized carbons (Fsp3) is 0.500. The van der Waals surface area contributed by atoms with Crippen LogP contribution < -0.4 is 19.5 Å². The molecule has 0 aliphatic carbocycles. The topological polar surface area (TPSA) is 97.3 Å². The molecule has 1 aromatic carbocycles. The van der Waals surface area contributed by atoms with E-state index in [1.807, 2.05) is 0 Å². The first-order chi connectivity index (χ1) is 10.0. The molecule has 0 bridgehead atoms. The number of hydrogen-bond donors (Lipinski definition) is 3. The molecule has 1 atom stereocenters. The van der Waals surface area contributed by atoms with E-state index >= 15 is 0 Å². The summed E-state index contributed by atoms with van der Waals surface area (Å²) in [4.78, 5) is 11.4. The molecule has 0 fully saturated rings. The fourth-order valence-corrected chi connectivity index (χ4v) is 2.59. The molecule has 0 spiro atoms. The molecule has 0 unspecified atom stereocenters. The summed E-state index contributed by atoms with van der Waals surface area (Å²) in [5.41, 5.74) is 0.164. The number of ether oxygens (including phenoxy) is 3. The van der Waals surface area contributed by atoms with Gasteiger partial charge < -0.3 is 24.4 Å². The van der Waals surface area contributed by atoms with Gasteiger partial charge in [0.2, 0.25) is 5.75 Å². The van der Waals surface area contributed by atoms with Gasteiger partial charge in [-0.25, -0.2) is 0 Å². The molecular formula is C14H19NO6. The molecule has 0 radical (unpaired) electrons. The van der Waals surface area contributed by atoms with Crippen LogP contribution in [0.15, 0.2) is 6.07 Å². The number of hydrogen-bond acceptors (Lipinski definition) is 6. The van der Waals surface area contributed by atoms with Crippen LogP contribution in [0.3, 0.4) is 0 Å². The molecule has 21 heavy (non-hydrogen) atoms. The van der Waals surface area contributed by atoms with E-state index in [2.05, 4.69) is 5.32 Å². The predicted octanol–water partition coefficient (Wildman–Crippen LogP) is 0.174. The molecule has 1 aliphatic rings. The Balaban J connectivity index is 2.57. The molecule has 1 aliphatic heterocycles. The van der Waals surface area contributed by atoms with Gasteiger partial charge in [0.05, 0.1) is 27.9 Å². The maximum absolute atomic E-state index is 11.4. The minimum absolute atomic E-state index is 0.130. The third-order valence-electron chi connectivity index (χ3n) is 3.80. The second kappa shape index (κ2) is 5.79. The first-order valence-electron chi connectivity index (χ1n) is 6.43. The third-order valence-corrected chi connectivity index (χ3v) is 3.80. The Kier molecular flexibility index (Phi) is 4.24. The molecule has 0 saturated carbocycles. The van der Waals surface area contributed by atoms with Crippen LogP contribution in [0.4, 0.5) is 0 Å². The lowest BCUT2D eigenvalue weighted by Gasteiger charge is -2.35. The minimum Gasteiger partial charge on any atom is -0.493 e. The number of carbonyl (C=O) groups is 1. The van der Waals surface area contributed by atoms with Crippen molar-refractivity contribution in [2.45, 2.75) is 18.5 Å². The van der Waals surface area contributed by atoms with Gasteiger partial charge in [-0.3, -0.25) is 10.1 Å². The van der Waals surface area contributed by atoms with Gasteiger partial charge in [0.15, 0.2) is 11.5 Å². The molecule has 3 N–H and O–H groups in total. The second-order valence-corrected chi connectivity index (χ2v) is 4.86. The van der Waals surface area contributed by atoms with Crippen molar-refractivity contribution < 1.29 is 29.2 Å². The van der Waals surface area contributed by atoms with Gasteiger partial charge in [0.1, 0.15) is 5.54 Å². The Labute approximate surface area is 122 Å². The molecule has 1 aromatic rings. The Hall–Kier alpha value is -1.99. The monoisotopic (exact) mass is 297 g/mol. The van der Waals surface area contributed by atoms with Gasteiger partial charge in [-0.1, -0.05) is 0 Å². The van der Waals surface area contributed by atoms with E-state index in [4.69, 9.17) is 14.2 Å². The van der Waals surface area contributed by atoms with Gasteiger partial charge >= 0.3 is 5.97 Å². The summed E-state index contributed by atoms with van der Waals surface area (Å²) in [6.07, 6.45) is 0.130. The quantitative estimate of drug-likeness (QED) is 0.713. The van der Waals surface area contributed by atoms with Gasteiger partial charge in [-0.05, 0) is 11.6 Å². The van der Waals surface area contributed by atoms with Crippen LogP contribution >= 0.6 is 0 Å². The zero-order valence-corrected chi connectivity index (χ0v) is 12.2. The Morgan fingerprint density at radius 3 is 2.43 bits per heavy atom. The van der Waals surface area contributed by atoms with E-state index in [-0.39, 0.29) is 13.0 Å². The Morgan fingerprint density at radius 2 is 1.95 bits per heavy atom. The van der Waals surface area contributed by atoms with Crippen LogP contribution in [0.25, 0.3) is 0 Å². The average Bonchev–Trinajstić information content (AvgIpc) is 2.51. The highest BCUT2D eigenvalue weighted by atomic mass is 16.5.